The first-order valence-corrected chi connectivity index (χ1v) is 9.25. The monoisotopic (exact) mass is 350 g/mol. The smallest absolute Gasteiger partial charge is 0.252 e. The van der Waals surface area contributed by atoms with E-state index in [1.807, 2.05) is 30.0 Å². The molecule has 1 atom stereocenters. The Morgan fingerprint density at radius 1 is 1.08 bits per heavy atom. The van der Waals surface area contributed by atoms with Crippen LogP contribution in [0.3, 0.4) is 0 Å². The zero-order valence-corrected chi connectivity index (χ0v) is 15.5. The molecule has 26 heavy (non-hydrogen) atoms. The first-order chi connectivity index (χ1) is 12.5. The molecule has 0 radical (unpaired) electrons. The Hall–Kier alpha value is -2.62. The van der Waals surface area contributed by atoms with E-state index >= 15 is 0 Å². The Morgan fingerprint density at radius 2 is 1.81 bits per heavy atom. The largest absolute Gasteiger partial charge is 0.340 e. The maximum Gasteiger partial charge on any atom is 0.252 e. The Balaban J connectivity index is 1.71. The highest BCUT2D eigenvalue weighted by atomic mass is 16.2. The van der Waals surface area contributed by atoms with Crippen LogP contribution in [0.2, 0.25) is 0 Å². The molecule has 0 aliphatic carbocycles. The normalized spacial score (nSPS) is 17.7. The average Bonchev–Trinajstić information content (AvgIpc) is 2.80. The second-order valence-corrected chi connectivity index (χ2v) is 7.08. The maximum absolute atomic E-state index is 13.0. The third-order valence-corrected chi connectivity index (χ3v) is 4.97. The van der Waals surface area contributed by atoms with Crippen molar-refractivity contribution in [3.05, 3.63) is 70.8 Å². The molecule has 4 heteroatoms. The second kappa shape index (κ2) is 8.17. The predicted molar refractivity (Wildman–Crippen MR) is 103 cm³/mol. The van der Waals surface area contributed by atoms with E-state index in [0.29, 0.717) is 18.5 Å². The topological polar surface area (TPSA) is 49.4 Å². The molecule has 2 aromatic rings. The molecule has 0 spiro atoms. The number of rotatable bonds is 4. The van der Waals surface area contributed by atoms with Crippen LogP contribution >= 0.6 is 0 Å². The van der Waals surface area contributed by atoms with Gasteiger partial charge in [0, 0.05) is 18.7 Å². The van der Waals surface area contributed by atoms with Crippen molar-refractivity contribution in [2.24, 2.45) is 0 Å². The van der Waals surface area contributed by atoms with Gasteiger partial charge in [-0.05, 0) is 50.3 Å². The lowest BCUT2D eigenvalue weighted by Gasteiger charge is -2.25. The zero-order valence-electron chi connectivity index (χ0n) is 15.5. The van der Waals surface area contributed by atoms with Crippen LogP contribution in [-0.4, -0.2) is 29.3 Å². The van der Waals surface area contributed by atoms with Crippen molar-refractivity contribution in [3.8, 4) is 0 Å². The lowest BCUT2D eigenvalue weighted by atomic mass is 10.1. The molecule has 1 fully saturated rings. The summed E-state index contributed by atoms with van der Waals surface area (Å²) in [5.74, 6) is -0.149. The molecule has 0 saturated carbocycles. The van der Waals surface area contributed by atoms with E-state index in [4.69, 9.17) is 0 Å². The second-order valence-electron chi connectivity index (χ2n) is 7.08. The minimum Gasteiger partial charge on any atom is -0.340 e. The van der Waals surface area contributed by atoms with Gasteiger partial charge < -0.3 is 10.2 Å². The molecule has 0 aromatic heterocycles. The van der Waals surface area contributed by atoms with Crippen molar-refractivity contribution in [2.45, 2.75) is 45.7 Å². The third-order valence-electron chi connectivity index (χ3n) is 4.97. The van der Waals surface area contributed by atoms with E-state index in [1.165, 1.54) is 5.56 Å². The van der Waals surface area contributed by atoms with E-state index in [9.17, 15) is 9.59 Å². The fraction of sp³-hybridized carbons (Fsp3) is 0.364. The van der Waals surface area contributed by atoms with Crippen molar-refractivity contribution < 1.29 is 9.59 Å². The number of aryl methyl sites for hydroxylation is 2. The molecule has 1 N–H and O–H groups in total. The SMILES string of the molecule is Cc1ccc(CN2CCCCC(NC(=O)c3ccccc3C)C2=O)cc1. The van der Waals surface area contributed by atoms with Crippen LogP contribution < -0.4 is 5.32 Å². The Morgan fingerprint density at radius 3 is 2.54 bits per heavy atom. The Kier molecular flexibility index (Phi) is 5.71. The van der Waals surface area contributed by atoms with Gasteiger partial charge in [0.15, 0.2) is 0 Å². The number of amides is 2. The highest BCUT2D eigenvalue weighted by Gasteiger charge is 2.28. The zero-order chi connectivity index (χ0) is 18.5. The summed E-state index contributed by atoms with van der Waals surface area (Å²) in [4.78, 5) is 27.5. The minimum atomic E-state index is -0.449. The number of likely N-dealkylation sites (tertiary alicyclic amines) is 1. The van der Waals surface area contributed by atoms with Crippen molar-refractivity contribution >= 4 is 11.8 Å². The molecule has 1 saturated heterocycles. The first kappa shape index (κ1) is 18.2. The van der Waals surface area contributed by atoms with Crippen molar-refractivity contribution in [1.29, 1.82) is 0 Å². The number of hydrogen-bond donors (Lipinski definition) is 1. The van der Waals surface area contributed by atoms with Crippen LogP contribution in [0.15, 0.2) is 48.5 Å². The standard InChI is InChI=1S/C22H26N2O2/c1-16-10-12-18(13-11-16)15-24-14-6-5-9-20(22(24)26)23-21(25)19-8-4-3-7-17(19)2/h3-4,7-8,10-13,20H,5-6,9,14-15H2,1-2H3,(H,23,25). The number of carbonyl (C=O) groups excluding carboxylic acids is 2. The molecule has 1 aliphatic heterocycles. The maximum atomic E-state index is 13.0. The van der Waals surface area contributed by atoms with Crippen LogP contribution in [0, 0.1) is 13.8 Å². The summed E-state index contributed by atoms with van der Waals surface area (Å²) in [6.07, 6.45) is 2.60. The summed E-state index contributed by atoms with van der Waals surface area (Å²) in [7, 11) is 0. The van der Waals surface area contributed by atoms with Gasteiger partial charge in [-0.3, -0.25) is 9.59 Å². The van der Waals surface area contributed by atoms with Gasteiger partial charge >= 0.3 is 0 Å². The summed E-state index contributed by atoms with van der Waals surface area (Å²) in [6, 6.07) is 15.3. The summed E-state index contributed by atoms with van der Waals surface area (Å²) < 4.78 is 0. The van der Waals surface area contributed by atoms with Gasteiger partial charge in [0.25, 0.3) is 5.91 Å². The molecule has 0 bridgehead atoms. The van der Waals surface area contributed by atoms with Crippen LogP contribution in [0.5, 0.6) is 0 Å². The summed E-state index contributed by atoms with van der Waals surface area (Å²) in [5.41, 5.74) is 3.88. The minimum absolute atomic E-state index is 0.0185. The van der Waals surface area contributed by atoms with Crippen LogP contribution in [0.4, 0.5) is 0 Å². The highest BCUT2D eigenvalue weighted by molar-refractivity contribution is 5.98. The molecule has 2 amide bonds. The van der Waals surface area contributed by atoms with Gasteiger partial charge in [-0.15, -0.1) is 0 Å². The van der Waals surface area contributed by atoms with E-state index in [1.54, 1.807) is 6.07 Å². The molecular weight excluding hydrogens is 324 g/mol. The van der Waals surface area contributed by atoms with E-state index in [2.05, 4.69) is 36.5 Å². The predicted octanol–water partition coefficient (Wildman–Crippen LogP) is 3.61. The van der Waals surface area contributed by atoms with E-state index in [0.717, 1.165) is 30.5 Å². The lowest BCUT2D eigenvalue weighted by Crippen LogP contribution is -2.47. The molecule has 1 aliphatic rings. The Labute approximate surface area is 155 Å². The van der Waals surface area contributed by atoms with Gasteiger partial charge in [-0.1, -0.05) is 48.0 Å². The van der Waals surface area contributed by atoms with Gasteiger partial charge in [-0.25, -0.2) is 0 Å². The number of nitrogens with zero attached hydrogens (tertiary/aromatic N) is 1. The first-order valence-electron chi connectivity index (χ1n) is 9.25. The van der Waals surface area contributed by atoms with Crippen molar-refractivity contribution in [3.63, 3.8) is 0 Å². The van der Waals surface area contributed by atoms with Gasteiger partial charge in [0.1, 0.15) is 6.04 Å². The molecule has 4 nitrogen and oxygen atoms in total. The highest BCUT2D eigenvalue weighted by Crippen LogP contribution is 2.17. The fourth-order valence-corrected chi connectivity index (χ4v) is 3.37. The van der Waals surface area contributed by atoms with Crippen LogP contribution in [0.1, 0.15) is 46.3 Å². The van der Waals surface area contributed by atoms with Crippen LogP contribution in [0.25, 0.3) is 0 Å². The lowest BCUT2D eigenvalue weighted by molar-refractivity contribution is -0.133. The Bertz CT molecular complexity index is 783. The third kappa shape index (κ3) is 4.31. The summed E-state index contributed by atoms with van der Waals surface area (Å²) in [6.45, 7) is 5.30. The van der Waals surface area contributed by atoms with Gasteiger partial charge in [-0.2, -0.15) is 0 Å². The molecular formula is C22H26N2O2. The molecule has 1 unspecified atom stereocenters. The molecule has 1 heterocycles. The van der Waals surface area contributed by atoms with Crippen molar-refractivity contribution in [1.82, 2.24) is 10.2 Å². The molecule has 136 valence electrons. The van der Waals surface area contributed by atoms with Gasteiger partial charge in [0.05, 0.1) is 0 Å². The van der Waals surface area contributed by atoms with Gasteiger partial charge in [0.2, 0.25) is 5.91 Å². The average molecular weight is 350 g/mol. The molecule has 2 aromatic carbocycles. The number of carbonyl (C=O) groups is 2. The van der Waals surface area contributed by atoms with E-state index in [-0.39, 0.29) is 11.8 Å². The number of benzene rings is 2. The number of nitrogens with one attached hydrogen (secondary N) is 1. The summed E-state index contributed by atoms with van der Waals surface area (Å²) in [5, 5.41) is 2.96. The van der Waals surface area contributed by atoms with Crippen LogP contribution in [-0.2, 0) is 11.3 Å². The fourth-order valence-electron chi connectivity index (χ4n) is 3.37. The molecule has 3 rings (SSSR count). The van der Waals surface area contributed by atoms with E-state index < -0.39 is 6.04 Å². The number of hydrogen-bond acceptors (Lipinski definition) is 2. The van der Waals surface area contributed by atoms with Crippen molar-refractivity contribution in [2.75, 3.05) is 6.54 Å². The quantitative estimate of drug-likeness (QED) is 0.916. The summed E-state index contributed by atoms with van der Waals surface area (Å²) >= 11 is 0.